The van der Waals surface area contributed by atoms with E-state index in [1.165, 1.54) is 24.8 Å². The molecule has 0 aliphatic carbocycles. The maximum atomic E-state index is 12.1. The van der Waals surface area contributed by atoms with Gasteiger partial charge in [-0.3, -0.25) is 23.6 Å². The standard InChI is InChI=1S/C18H23N3O4/c1-19-15(11-16(22)20(2)18(19)24)13-21(10-9-17(23)25-3)12-14-7-5-4-6-8-14/h4-8,11H,9-10,12-13H2,1-3H3. The van der Waals surface area contributed by atoms with Crippen LogP contribution in [0.15, 0.2) is 46.0 Å². The number of benzene rings is 1. The van der Waals surface area contributed by atoms with E-state index in [2.05, 4.69) is 0 Å². The lowest BCUT2D eigenvalue weighted by Crippen LogP contribution is -2.39. The summed E-state index contributed by atoms with van der Waals surface area (Å²) < 4.78 is 7.23. The molecule has 7 heteroatoms. The van der Waals surface area contributed by atoms with Crippen LogP contribution in [0.1, 0.15) is 17.7 Å². The van der Waals surface area contributed by atoms with Gasteiger partial charge in [0, 0.05) is 45.5 Å². The molecular formula is C18H23N3O4. The normalized spacial score (nSPS) is 10.9. The van der Waals surface area contributed by atoms with Crippen molar-refractivity contribution in [2.24, 2.45) is 14.1 Å². The molecule has 0 bridgehead atoms. The SMILES string of the molecule is COC(=O)CCN(Cc1ccccc1)Cc1cc(=O)n(C)c(=O)n1C. The summed E-state index contributed by atoms with van der Waals surface area (Å²) in [5.74, 6) is -0.295. The van der Waals surface area contributed by atoms with Crippen LogP contribution in [0.4, 0.5) is 0 Å². The number of aromatic nitrogens is 2. The maximum absolute atomic E-state index is 12.1. The van der Waals surface area contributed by atoms with E-state index in [0.717, 1.165) is 10.1 Å². The Morgan fingerprint density at radius 3 is 2.40 bits per heavy atom. The fourth-order valence-electron chi connectivity index (χ4n) is 2.57. The molecule has 2 aromatic rings. The van der Waals surface area contributed by atoms with Crippen LogP contribution in [-0.4, -0.2) is 33.7 Å². The lowest BCUT2D eigenvalue weighted by molar-refractivity contribution is -0.141. The number of carbonyl (C=O) groups is 1. The van der Waals surface area contributed by atoms with Crippen molar-refractivity contribution in [3.05, 3.63) is 68.5 Å². The van der Waals surface area contributed by atoms with Gasteiger partial charge in [0.15, 0.2) is 0 Å². The summed E-state index contributed by atoms with van der Waals surface area (Å²) in [6.45, 7) is 1.44. The van der Waals surface area contributed by atoms with Gasteiger partial charge in [0.2, 0.25) is 0 Å². The second kappa shape index (κ2) is 8.43. The van der Waals surface area contributed by atoms with Crippen molar-refractivity contribution >= 4 is 5.97 Å². The third-order valence-corrected chi connectivity index (χ3v) is 4.12. The minimum Gasteiger partial charge on any atom is -0.469 e. The van der Waals surface area contributed by atoms with E-state index in [4.69, 9.17) is 4.74 Å². The molecule has 0 amide bonds. The van der Waals surface area contributed by atoms with E-state index < -0.39 is 0 Å². The van der Waals surface area contributed by atoms with Gasteiger partial charge < -0.3 is 4.74 Å². The Hall–Kier alpha value is -2.67. The van der Waals surface area contributed by atoms with Crippen LogP contribution in [-0.2, 0) is 36.7 Å². The van der Waals surface area contributed by atoms with Crippen molar-refractivity contribution in [1.29, 1.82) is 0 Å². The van der Waals surface area contributed by atoms with Crippen molar-refractivity contribution in [3.63, 3.8) is 0 Å². The van der Waals surface area contributed by atoms with Crippen LogP contribution in [0.2, 0.25) is 0 Å². The molecule has 0 unspecified atom stereocenters. The van der Waals surface area contributed by atoms with Crippen LogP contribution in [0, 0.1) is 0 Å². The Kier molecular flexibility index (Phi) is 6.30. The first-order chi connectivity index (χ1) is 11.9. The monoisotopic (exact) mass is 345 g/mol. The molecular weight excluding hydrogens is 322 g/mol. The molecule has 0 radical (unpaired) electrons. The second-order valence-electron chi connectivity index (χ2n) is 5.90. The Balaban J connectivity index is 2.25. The minimum absolute atomic E-state index is 0.238. The van der Waals surface area contributed by atoms with Gasteiger partial charge in [0.05, 0.1) is 13.5 Å². The van der Waals surface area contributed by atoms with Gasteiger partial charge >= 0.3 is 11.7 Å². The zero-order valence-corrected chi connectivity index (χ0v) is 14.8. The van der Waals surface area contributed by atoms with Gasteiger partial charge in [-0.2, -0.15) is 0 Å². The van der Waals surface area contributed by atoms with Crippen molar-refractivity contribution in [1.82, 2.24) is 14.0 Å². The molecule has 0 N–H and O–H groups in total. The number of hydrogen-bond acceptors (Lipinski definition) is 5. The van der Waals surface area contributed by atoms with Gasteiger partial charge in [0.1, 0.15) is 0 Å². The number of esters is 1. The number of ether oxygens (including phenoxy) is 1. The highest BCUT2D eigenvalue weighted by Gasteiger charge is 2.13. The first-order valence-electron chi connectivity index (χ1n) is 8.01. The summed E-state index contributed by atoms with van der Waals surface area (Å²) in [6, 6.07) is 11.3. The molecule has 0 fully saturated rings. The highest BCUT2D eigenvalue weighted by atomic mass is 16.5. The molecule has 2 rings (SSSR count). The summed E-state index contributed by atoms with van der Waals surface area (Å²) >= 11 is 0. The molecule has 1 aromatic heterocycles. The average molecular weight is 345 g/mol. The molecule has 0 saturated carbocycles. The second-order valence-corrected chi connectivity index (χ2v) is 5.90. The van der Waals surface area contributed by atoms with Gasteiger partial charge in [-0.25, -0.2) is 4.79 Å². The molecule has 0 aliphatic rings. The zero-order valence-electron chi connectivity index (χ0n) is 14.8. The van der Waals surface area contributed by atoms with E-state index in [1.54, 1.807) is 7.05 Å². The summed E-state index contributed by atoms with van der Waals surface area (Å²) in [5.41, 5.74) is 0.982. The van der Waals surface area contributed by atoms with Crippen molar-refractivity contribution in [3.8, 4) is 0 Å². The highest BCUT2D eigenvalue weighted by molar-refractivity contribution is 5.69. The predicted octanol–water partition coefficient (Wildman–Crippen LogP) is 0.649. The molecule has 0 spiro atoms. The summed E-state index contributed by atoms with van der Waals surface area (Å²) in [5, 5.41) is 0. The van der Waals surface area contributed by atoms with Gasteiger partial charge in [-0.05, 0) is 5.56 Å². The van der Waals surface area contributed by atoms with Crippen molar-refractivity contribution in [2.75, 3.05) is 13.7 Å². The quantitative estimate of drug-likeness (QED) is 0.689. The van der Waals surface area contributed by atoms with Crippen LogP contribution in [0.25, 0.3) is 0 Å². The van der Waals surface area contributed by atoms with E-state index in [1.807, 2.05) is 35.2 Å². The van der Waals surface area contributed by atoms with Crippen LogP contribution in [0.5, 0.6) is 0 Å². The maximum Gasteiger partial charge on any atom is 0.330 e. The van der Waals surface area contributed by atoms with Crippen molar-refractivity contribution < 1.29 is 9.53 Å². The molecule has 0 atom stereocenters. The van der Waals surface area contributed by atoms with Gasteiger partial charge in [-0.15, -0.1) is 0 Å². The van der Waals surface area contributed by atoms with E-state index in [0.29, 0.717) is 25.3 Å². The molecule has 7 nitrogen and oxygen atoms in total. The average Bonchev–Trinajstić information content (AvgIpc) is 2.62. The van der Waals surface area contributed by atoms with Gasteiger partial charge in [0.25, 0.3) is 5.56 Å². The third-order valence-electron chi connectivity index (χ3n) is 4.12. The molecule has 134 valence electrons. The van der Waals surface area contributed by atoms with E-state index in [9.17, 15) is 14.4 Å². The number of hydrogen-bond donors (Lipinski definition) is 0. The highest BCUT2D eigenvalue weighted by Crippen LogP contribution is 2.09. The Bertz CT molecular complexity index is 840. The predicted molar refractivity (Wildman–Crippen MR) is 94.1 cm³/mol. The number of rotatable bonds is 7. The third kappa shape index (κ3) is 4.90. The number of nitrogens with zero attached hydrogens (tertiary/aromatic N) is 3. The summed E-state index contributed by atoms with van der Waals surface area (Å²) in [6.07, 6.45) is 0.238. The largest absolute Gasteiger partial charge is 0.469 e. The zero-order chi connectivity index (χ0) is 18.4. The minimum atomic E-state index is -0.366. The summed E-state index contributed by atoms with van der Waals surface area (Å²) in [7, 11) is 4.44. The van der Waals surface area contributed by atoms with Crippen LogP contribution in [0.3, 0.4) is 0 Å². The lowest BCUT2D eigenvalue weighted by Gasteiger charge is -2.23. The van der Waals surface area contributed by atoms with E-state index >= 15 is 0 Å². The Morgan fingerprint density at radius 2 is 1.76 bits per heavy atom. The Morgan fingerprint density at radius 1 is 1.08 bits per heavy atom. The molecule has 1 aromatic carbocycles. The fraction of sp³-hybridized carbons (Fsp3) is 0.389. The summed E-state index contributed by atoms with van der Waals surface area (Å²) in [4.78, 5) is 37.5. The smallest absolute Gasteiger partial charge is 0.330 e. The Labute approximate surface area is 146 Å². The fourth-order valence-corrected chi connectivity index (χ4v) is 2.57. The van der Waals surface area contributed by atoms with Crippen molar-refractivity contribution in [2.45, 2.75) is 19.5 Å². The van der Waals surface area contributed by atoms with Crippen LogP contribution < -0.4 is 11.2 Å². The molecule has 25 heavy (non-hydrogen) atoms. The lowest BCUT2D eigenvalue weighted by atomic mass is 10.2. The molecule has 1 heterocycles. The van der Waals surface area contributed by atoms with Crippen LogP contribution >= 0.6 is 0 Å². The molecule has 0 saturated heterocycles. The molecule has 0 aliphatic heterocycles. The number of methoxy groups -OCH3 is 1. The van der Waals surface area contributed by atoms with Gasteiger partial charge in [-0.1, -0.05) is 30.3 Å². The first-order valence-corrected chi connectivity index (χ1v) is 8.01. The first kappa shape index (κ1) is 18.7. The number of carbonyl (C=O) groups excluding carboxylic acids is 1. The van der Waals surface area contributed by atoms with E-state index in [-0.39, 0.29) is 23.6 Å². The topological polar surface area (TPSA) is 73.5 Å².